The summed E-state index contributed by atoms with van der Waals surface area (Å²) < 4.78 is 0. The zero-order valence-electron chi connectivity index (χ0n) is 11.5. The van der Waals surface area contributed by atoms with Crippen LogP contribution in [0.1, 0.15) is 41.0 Å². The average Bonchev–Trinajstić information content (AvgIpc) is 2.11. The summed E-state index contributed by atoms with van der Waals surface area (Å²) in [7, 11) is 2.10. The summed E-state index contributed by atoms with van der Waals surface area (Å²) in [6.07, 6.45) is 0.884. The van der Waals surface area contributed by atoms with E-state index >= 15 is 0 Å². The van der Waals surface area contributed by atoms with Crippen LogP contribution in [0.5, 0.6) is 0 Å². The fraction of sp³-hybridized carbons (Fsp3) is 0.917. The van der Waals surface area contributed by atoms with Crippen LogP contribution in [0.2, 0.25) is 0 Å². The number of nitrogens with two attached hydrogens (primary N) is 1. The zero-order chi connectivity index (χ0) is 13.0. The van der Waals surface area contributed by atoms with Crippen LogP contribution in [0.3, 0.4) is 0 Å². The molecule has 0 aliphatic heterocycles. The maximum Gasteiger partial charge on any atom is 0.144 e. The van der Waals surface area contributed by atoms with Gasteiger partial charge in [0.2, 0.25) is 0 Å². The molecule has 3 N–H and O–H groups in total. The van der Waals surface area contributed by atoms with Crippen LogP contribution < -0.4 is 5.73 Å². The highest BCUT2D eigenvalue weighted by Crippen LogP contribution is 2.22. The third-order valence-corrected chi connectivity index (χ3v) is 2.66. The first-order chi connectivity index (χ1) is 7.08. The predicted molar refractivity (Wildman–Crippen MR) is 68.8 cm³/mol. The van der Waals surface area contributed by atoms with Crippen molar-refractivity contribution in [1.29, 1.82) is 0 Å². The first-order valence-electron chi connectivity index (χ1n) is 5.75. The van der Waals surface area contributed by atoms with Crippen molar-refractivity contribution in [2.24, 2.45) is 21.7 Å². The zero-order valence-corrected chi connectivity index (χ0v) is 11.5. The van der Waals surface area contributed by atoms with Crippen LogP contribution >= 0.6 is 0 Å². The highest BCUT2D eigenvalue weighted by molar-refractivity contribution is 5.85. The van der Waals surface area contributed by atoms with Crippen molar-refractivity contribution < 1.29 is 5.21 Å². The molecule has 0 saturated carbocycles. The third-order valence-electron chi connectivity index (χ3n) is 2.66. The lowest BCUT2D eigenvalue weighted by Crippen LogP contribution is -2.37. The quantitative estimate of drug-likeness (QED) is 0.328. The minimum absolute atomic E-state index is 0.249. The predicted octanol–water partition coefficient (Wildman–Crippen LogP) is 2.13. The van der Waals surface area contributed by atoms with Crippen molar-refractivity contribution in [1.82, 2.24) is 4.90 Å². The molecule has 0 aliphatic rings. The van der Waals surface area contributed by atoms with Gasteiger partial charge in [0.05, 0.1) is 0 Å². The topological polar surface area (TPSA) is 61.8 Å². The van der Waals surface area contributed by atoms with Crippen molar-refractivity contribution >= 4 is 5.84 Å². The maximum absolute atomic E-state index is 8.67. The van der Waals surface area contributed by atoms with E-state index in [-0.39, 0.29) is 5.41 Å². The van der Waals surface area contributed by atoms with E-state index in [4.69, 9.17) is 10.9 Å². The number of hydrogen-bond donors (Lipinski definition) is 2. The van der Waals surface area contributed by atoms with Crippen molar-refractivity contribution in [2.45, 2.75) is 41.0 Å². The maximum atomic E-state index is 8.67. The molecule has 16 heavy (non-hydrogen) atoms. The molecule has 0 spiro atoms. The second kappa shape index (κ2) is 5.53. The number of nitrogens with zero attached hydrogens (tertiary/aromatic N) is 2. The summed E-state index contributed by atoms with van der Waals surface area (Å²) in [5, 5.41) is 11.8. The second-order valence-corrected chi connectivity index (χ2v) is 6.42. The van der Waals surface area contributed by atoms with Gasteiger partial charge in [-0.15, -0.1) is 0 Å². The Balaban J connectivity index is 4.15. The fourth-order valence-corrected chi connectivity index (χ4v) is 1.62. The van der Waals surface area contributed by atoms with E-state index in [1.807, 2.05) is 13.8 Å². The molecule has 0 aliphatic carbocycles. The molecule has 0 bridgehead atoms. The highest BCUT2D eigenvalue weighted by atomic mass is 16.4. The van der Waals surface area contributed by atoms with Gasteiger partial charge in [-0.1, -0.05) is 39.8 Å². The van der Waals surface area contributed by atoms with E-state index in [9.17, 15) is 0 Å². The Hall–Kier alpha value is -0.770. The lowest BCUT2D eigenvalue weighted by molar-refractivity contribution is 0.209. The molecule has 0 fully saturated rings. The van der Waals surface area contributed by atoms with Gasteiger partial charge in [0.25, 0.3) is 0 Å². The summed E-state index contributed by atoms with van der Waals surface area (Å²) in [6.45, 7) is 12.6. The second-order valence-electron chi connectivity index (χ2n) is 6.42. The lowest BCUT2D eigenvalue weighted by Gasteiger charge is -2.30. The molecule has 0 aromatic carbocycles. The molecule has 4 heteroatoms. The molecule has 0 saturated heterocycles. The van der Waals surface area contributed by atoms with Gasteiger partial charge < -0.3 is 15.8 Å². The Morgan fingerprint density at radius 1 is 1.25 bits per heavy atom. The smallest absolute Gasteiger partial charge is 0.144 e. The number of hydrogen-bond acceptors (Lipinski definition) is 3. The fourth-order valence-electron chi connectivity index (χ4n) is 1.62. The van der Waals surface area contributed by atoms with E-state index in [1.54, 1.807) is 0 Å². The van der Waals surface area contributed by atoms with E-state index < -0.39 is 0 Å². The molecule has 0 heterocycles. The minimum atomic E-state index is -0.249. The molecule has 96 valence electrons. The van der Waals surface area contributed by atoms with Crippen molar-refractivity contribution in [3.05, 3.63) is 0 Å². The van der Waals surface area contributed by atoms with Gasteiger partial charge in [-0.25, -0.2) is 0 Å². The molecule has 0 atom stereocenters. The average molecular weight is 229 g/mol. The van der Waals surface area contributed by atoms with Crippen LogP contribution in [0.4, 0.5) is 0 Å². The number of rotatable bonds is 5. The van der Waals surface area contributed by atoms with Gasteiger partial charge in [-0.2, -0.15) is 0 Å². The number of amidine groups is 1. The molecule has 0 radical (unpaired) electrons. The Bertz CT molecular complexity index is 241. The lowest BCUT2D eigenvalue weighted by atomic mass is 9.87. The molecule has 0 aromatic rings. The molecule has 0 aromatic heterocycles. The summed E-state index contributed by atoms with van der Waals surface area (Å²) in [6, 6.07) is 0. The molecular formula is C12H27N3O. The monoisotopic (exact) mass is 229 g/mol. The SMILES string of the molecule is CN(CCC(C)(C)C(N)=NO)CC(C)(C)C. The van der Waals surface area contributed by atoms with Gasteiger partial charge in [0.1, 0.15) is 5.84 Å². The third kappa shape index (κ3) is 5.95. The Morgan fingerprint density at radius 2 is 1.75 bits per heavy atom. The van der Waals surface area contributed by atoms with E-state index in [1.165, 1.54) is 0 Å². The summed E-state index contributed by atoms with van der Waals surface area (Å²) in [5.41, 5.74) is 5.70. The standard InChI is InChI=1S/C12H27N3O/c1-11(2,3)9-15(6)8-7-12(4,5)10(13)14-16/h16H,7-9H2,1-6H3,(H2,13,14). The van der Waals surface area contributed by atoms with Gasteiger partial charge in [-0.3, -0.25) is 0 Å². The number of oxime groups is 1. The van der Waals surface area contributed by atoms with Crippen LogP contribution in [-0.4, -0.2) is 36.1 Å². The Kier molecular flexibility index (Phi) is 5.26. The van der Waals surface area contributed by atoms with Crippen molar-refractivity contribution in [3.8, 4) is 0 Å². The van der Waals surface area contributed by atoms with Crippen molar-refractivity contribution in [2.75, 3.05) is 20.1 Å². The van der Waals surface area contributed by atoms with Gasteiger partial charge in [0.15, 0.2) is 0 Å². The first kappa shape index (κ1) is 15.2. The summed E-state index contributed by atoms with van der Waals surface area (Å²) >= 11 is 0. The Labute approximate surface area is 99.5 Å². The molecule has 0 unspecified atom stereocenters. The largest absolute Gasteiger partial charge is 0.409 e. The molecule has 0 rings (SSSR count). The van der Waals surface area contributed by atoms with Gasteiger partial charge >= 0.3 is 0 Å². The molecule has 0 amide bonds. The normalized spacial score (nSPS) is 14.6. The van der Waals surface area contributed by atoms with E-state index in [2.05, 4.69) is 37.9 Å². The van der Waals surface area contributed by atoms with Crippen LogP contribution in [0.15, 0.2) is 5.16 Å². The first-order valence-corrected chi connectivity index (χ1v) is 5.75. The van der Waals surface area contributed by atoms with Crippen LogP contribution in [0.25, 0.3) is 0 Å². The van der Waals surface area contributed by atoms with Gasteiger partial charge in [-0.05, 0) is 25.4 Å². The van der Waals surface area contributed by atoms with Gasteiger partial charge in [0, 0.05) is 12.0 Å². The molecular weight excluding hydrogens is 202 g/mol. The van der Waals surface area contributed by atoms with E-state index in [0.29, 0.717) is 11.3 Å². The summed E-state index contributed by atoms with van der Waals surface area (Å²) in [4.78, 5) is 2.28. The van der Waals surface area contributed by atoms with E-state index in [0.717, 1.165) is 19.5 Å². The molecule has 4 nitrogen and oxygen atoms in total. The highest BCUT2D eigenvalue weighted by Gasteiger charge is 2.24. The summed E-state index contributed by atoms with van der Waals surface area (Å²) in [5.74, 6) is 0.302. The van der Waals surface area contributed by atoms with Crippen LogP contribution in [0, 0.1) is 10.8 Å². The Morgan fingerprint density at radius 3 is 2.12 bits per heavy atom. The van der Waals surface area contributed by atoms with Crippen LogP contribution in [-0.2, 0) is 0 Å². The minimum Gasteiger partial charge on any atom is -0.409 e. The van der Waals surface area contributed by atoms with Crippen molar-refractivity contribution in [3.63, 3.8) is 0 Å².